The summed E-state index contributed by atoms with van der Waals surface area (Å²) in [4.78, 5) is 0. The molecule has 0 aliphatic heterocycles. The number of nitrogens with zero attached hydrogens (tertiary/aromatic N) is 3. The zero-order chi connectivity index (χ0) is 11.6. The van der Waals surface area contributed by atoms with Crippen molar-refractivity contribution >= 4 is 0 Å². The highest BCUT2D eigenvalue weighted by atomic mass is 15.4. The van der Waals surface area contributed by atoms with Gasteiger partial charge in [0.25, 0.3) is 0 Å². The van der Waals surface area contributed by atoms with Crippen LogP contribution < -0.4 is 5.32 Å². The molecule has 0 fully saturated rings. The van der Waals surface area contributed by atoms with E-state index in [4.69, 9.17) is 0 Å². The van der Waals surface area contributed by atoms with E-state index in [0.29, 0.717) is 0 Å². The van der Waals surface area contributed by atoms with Gasteiger partial charge in [-0.05, 0) is 13.5 Å². The fraction of sp³-hybridized carbons (Fsp3) is 0.833. The van der Waals surface area contributed by atoms with Crippen molar-refractivity contribution in [1.82, 2.24) is 20.3 Å². The minimum Gasteiger partial charge on any atom is -0.314 e. The van der Waals surface area contributed by atoms with Gasteiger partial charge in [-0.25, -0.2) is 0 Å². The number of aryl methyl sites for hydroxylation is 1. The zero-order valence-electron chi connectivity index (χ0n) is 10.6. The van der Waals surface area contributed by atoms with Gasteiger partial charge in [0.1, 0.15) is 0 Å². The quantitative estimate of drug-likeness (QED) is 0.655. The van der Waals surface area contributed by atoms with Gasteiger partial charge in [0.2, 0.25) is 0 Å². The van der Waals surface area contributed by atoms with E-state index in [2.05, 4.69) is 22.6 Å². The Labute approximate surface area is 98.4 Å². The van der Waals surface area contributed by atoms with Gasteiger partial charge in [0.05, 0.1) is 5.69 Å². The van der Waals surface area contributed by atoms with Gasteiger partial charge in [0.15, 0.2) is 0 Å². The van der Waals surface area contributed by atoms with Crippen molar-refractivity contribution in [2.24, 2.45) is 0 Å². The number of hydrogen-bond acceptors (Lipinski definition) is 3. The molecule has 1 rings (SSSR count). The smallest absolute Gasteiger partial charge is 0.0964 e. The van der Waals surface area contributed by atoms with Gasteiger partial charge in [0, 0.05) is 19.3 Å². The average Bonchev–Trinajstić information content (AvgIpc) is 2.72. The third-order valence-corrected chi connectivity index (χ3v) is 2.68. The summed E-state index contributed by atoms with van der Waals surface area (Å²) in [5.74, 6) is 0. The van der Waals surface area contributed by atoms with Crippen LogP contribution in [0.25, 0.3) is 0 Å². The Bertz CT molecular complexity index is 270. The van der Waals surface area contributed by atoms with Gasteiger partial charge in [-0.2, -0.15) is 0 Å². The first-order valence-corrected chi connectivity index (χ1v) is 6.40. The molecule has 0 unspecified atom stereocenters. The average molecular weight is 224 g/mol. The molecular weight excluding hydrogens is 200 g/mol. The summed E-state index contributed by atoms with van der Waals surface area (Å²) in [5.41, 5.74) is 1.02. The Kier molecular flexibility index (Phi) is 6.81. The number of rotatable bonds is 9. The minimum atomic E-state index is 0.802. The monoisotopic (exact) mass is 224 g/mol. The third kappa shape index (κ3) is 5.26. The molecule has 0 saturated heterocycles. The number of unbranched alkanes of at least 4 members (excludes halogenated alkanes) is 5. The second kappa shape index (κ2) is 8.28. The van der Waals surface area contributed by atoms with E-state index in [1.54, 1.807) is 0 Å². The Morgan fingerprint density at radius 1 is 1.19 bits per heavy atom. The Morgan fingerprint density at radius 3 is 2.69 bits per heavy atom. The molecule has 0 aromatic carbocycles. The van der Waals surface area contributed by atoms with Gasteiger partial charge in [-0.1, -0.05) is 44.2 Å². The highest BCUT2D eigenvalue weighted by molar-refractivity contribution is 4.90. The van der Waals surface area contributed by atoms with Crippen molar-refractivity contribution in [3.8, 4) is 0 Å². The van der Waals surface area contributed by atoms with Crippen LogP contribution in [0.4, 0.5) is 0 Å². The van der Waals surface area contributed by atoms with Crippen molar-refractivity contribution in [3.63, 3.8) is 0 Å². The Hall–Kier alpha value is -0.900. The first-order chi connectivity index (χ1) is 7.86. The summed E-state index contributed by atoms with van der Waals surface area (Å²) in [7, 11) is 1.92. The normalized spacial score (nSPS) is 10.9. The molecule has 1 heterocycles. The summed E-state index contributed by atoms with van der Waals surface area (Å²) in [6.45, 7) is 4.05. The lowest BCUT2D eigenvalue weighted by molar-refractivity contribution is 0.516. The molecule has 1 aromatic heterocycles. The first-order valence-electron chi connectivity index (χ1n) is 6.40. The zero-order valence-corrected chi connectivity index (χ0v) is 10.6. The van der Waals surface area contributed by atoms with Crippen LogP contribution in [-0.4, -0.2) is 22.0 Å². The second-order valence-electron chi connectivity index (χ2n) is 4.27. The predicted molar refractivity (Wildman–Crippen MR) is 66.2 cm³/mol. The molecule has 0 aliphatic rings. The van der Waals surface area contributed by atoms with Crippen LogP contribution in [0.5, 0.6) is 0 Å². The largest absolute Gasteiger partial charge is 0.314 e. The summed E-state index contributed by atoms with van der Waals surface area (Å²) in [5, 5.41) is 11.3. The topological polar surface area (TPSA) is 42.7 Å². The minimum absolute atomic E-state index is 0.802. The molecule has 16 heavy (non-hydrogen) atoms. The molecule has 4 nitrogen and oxygen atoms in total. The van der Waals surface area contributed by atoms with Gasteiger partial charge < -0.3 is 5.32 Å². The molecule has 4 heteroatoms. The number of nitrogens with one attached hydrogen (secondary N) is 1. The van der Waals surface area contributed by atoms with E-state index in [9.17, 15) is 0 Å². The lowest BCUT2D eigenvalue weighted by atomic mass is 10.1. The van der Waals surface area contributed by atoms with Gasteiger partial charge in [-0.15, -0.1) is 5.10 Å². The molecular formula is C12H24N4. The van der Waals surface area contributed by atoms with Crippen molar-refractivity contribution in [3.05, 3.63) is 11.9 Å². The second-order valence-corrected chi connectivity index (χ2v) is 4.27. The summed E-state index contributed by atoms with van der Waals surface area (Å²) in [6, 6.07) is 0. The van der Waals surface area contributed by atoms with E-state index >= 15 is 0 Å². The Morgan fingerprint density at radius 2 is 1.94 bits per heavy atom. The lowest BCUT2D eigenvalue weighted by Crippen LogP contribution is -2.05. The van der Waals surface area contributed by atoms with Crippen molar-refractivity contribution in [2.45, 2.75) is 58.5 Å². The maximum absolute atomic E-state index is 4.10. The fourth-order valence-electron chi connectivity index (χ4n) is 1.76. The molecule has 1 aromatic rings. The summed E-state index contributed by atoms with van der Waals surface area (Å²) < 4.78 is 1.95. The fourth-order valence-corrected chi connectivity index (χ4v) is 1.76. The molecule has 0 radical (unpaired) electrons. The van der Waals surface area contributed by atoms with Crippen LogP contribution in [0.1, 0.15) is 51.1 Å². The number of hydrogen-bond donors (Lipinski definition) is 1. The molecule has 0 atom stereocenters. The number of aromatic nitrogens is 3. The Balaban J connectivity index is 2.07. The first kappa shape index (κ1) is 13.2. The molecule has 0 saturated carbocycles. The molecule has 0 spiro atoms. The van der Waals surface area contributed by atoms with Crippen molar-refractivity contribution < 1.29 is 0 Å². The van der Waals surface area contributed by atoms with Crippen molar-refractivity contribution in [1.29, 1.82) is 0 Å². The highest BCUT2D eigenvalue weighted by Crippen LogP contribution is 2.06. The standard InChI is InChI=1S/C12H24N4/c1-3-4-5-6-7-8-9-16-11-12(10-13-2)14-15-16/h11,13H,3-10H2,1-2H3. The maximum Gasteiger partial charge on any atom is 0.0964 e. The van der Waals surface area contributed by atoms with Crippen LogP contribution in [0.2, 0.25) is 0 Å². The molecule has 0 bridgehead atoms. The predicted octanol–water partition coefficient (Wildman–Crippen LogP) is 2.36. The molecule has 1 N–H and O–H groups in total. The molecule has 0 amide bonds. The van der Waals surface area contributed by atoms with E-state index < -0.39 is 0 Å². The van der Waals surface area contributed by atoms with Crippen LogP contribution >= 0.6 is 0 Å². The molecule has 92 valence electrons. The lowest BCUT2D eigenvalue weighted by Gasteiger charge is -2.00. The maximum atomic E-state index is 4.10. The highest BCUT2D eigenvalue weighted by Gasteiger charge is 1.98. The molecule has 0 aliphatic carbocycles. The van der Waals surface area contributed by atoms with Crippen LogP contribution in [0.15, 0.2) is 6.20 Å². The summed E-state index contributed by atoms with van der Waals surface area (Å²) in [6.07, 6.45) is 9.96. The van der Waals surface area contributed by atoms with Gasteiger partial charge in [-0.3, -0.25) is 4.68 Å². The summed E-state index contributed by atoms with van der Waals surface area (Å²) >= 11 is 0. The van der Waals surface area contributed by atoms with Gasteiger partial charge >= 0.3 is 0 Å². The van der Waals surface area contributed by atoms with E-state index in [-0.39, 0.29) is 0 Å². The van der Waals surface area contributed by atoms with Crippen LogP contribution in [0, 0.1) is 0 Å². The third-order valence-electron chi connectivity index (χ3n) is 2.68. The van der Waals surface area contributed by atoms with E-state index in [0.717, 1.165) is 18.8 Å². The van der Waals surface area contributed by atoms with Crippen LogP contribution in [-0.2, 0) is 13.1 Å². The van der Waals surface area contributed by atoms with Crippen molar-refractivity contribution in [2.75, 3.05) is 7.05 Å². The van der Waals surface area contributed by atoms with E-state index in [1.165, 1.54) is 38.5 Å². The van der Waals surface area contributed by atoms with Crippen LogP contribution in [0.3, 0.4) is 0 Å². The SMILES string of the molecule is CCCCCCCCn1cc(CNC)nn1. The van der Waals surface area contributed by atoms with E-state index in [1.807, 2.05) is 17.9 Å².